The minimum atomic E-state index is 0.745. The van der Waals surface area contributed by atoms with Gasteiger partial charge < -0.3 is 10.1 Å². The molecule has 2 heteroatoms. The van der Waals surface area contributed by atoms with Crippen molar-refractivity contribution in [1.82, 2.24) is 5.32 Å². The van der Waals surface area contributed by atoms with Crippen LogP contribution in [0.4, 0.5) is 0 Å². The van der Waals surface area contributed by atoms with E-state index in [9.17, 15) is 0 Å². The summed E-state index contributed by atoms with van der Waals surface area (Å²) < 4.78 is 5.56. The lowest BCUT2D eigenvalue weighted by Crippen LogP contribution is -2.14. The number of hydrogen-bond donors (Lipinski definition) is 1. The van der Waals surface area contributed by atoms with Crippen LogP contribution in [0.25, 0.3) is 0 Å². The molecule has 0 aromatic heterocycles. The number of nitrogens with one attached hydrogen (secondary N) is 1. The summed E-state index contributed by atoms with van der Waals surface area (Å²) in [6, 6.07) is 6.77. The maximum Gasteiger partial charge on any atom is 0.0717 e. The Bertz CT molecular complexity index is 322. The van der Waals surface area contributed by atoms with Crippen molar-refractivity contribution in [3.63, 3.8) is 0 Å². The second kappa shape index (κ2) is 5.29. The van der Waals surface area contributed by atoms with Gasteiger partial charge in [0.15, 0.2) is 0 Å². The van der Waals surface area contributed by atoms with Crippen LogP contribution < -0.4 is 5.32 Å². The number of ether oxygens (including phenoxy) is 1. The molecule has 1 aromatic carbocycles. The highest BCUT2D eigenvalue weighted by atomic mass is 16.5. The summed E-state index contributed by atoms with van der Waals surface area (Å²) in [5.74, 6) is 0. The summed E-state index contributed by atoms with van der Waals surface area (Å²) in [6.07, 6.45) is 3.83. The van der Waals surface area contributed by atoms with Gasteiger partial charge in [-0.1, -0.05) is 18.2 Å². The molecule has 15 heavy (non-hydrogen) atoms. The average Bonchev–Trinajstić information content (AvgIpc) is 2.71. The lowest BCUT2D eigenvalue weighted by molar-refractivity contribution is 0.124. The number of rotatable bonds is 5. The Balaban J connectivity index is 1.87. The van der Waals surface area contributed by atoms with Crippen molar-refractivity contribution >= 4 is 0 Å². The quantitative estimate of drug-likeness (QED) is 0.741. The molecule has 0 saturated carbocycles. The van der Waals surface area contributed by atoms with Gasteiger partial charge in [0, 0.05) is 6.54 Å². The fourth-order valence-corrected chi connectivity index (χ4v) is 2.08. The van der Waals surface area contributed by atoms with Crippen molar-refractivity contribution in [3.8, 4) is 0 Å². The molecule has 0 aliphatic heterocycles. The van der Waals surface area contributed by atoms with Crippen LogP contribution in [-0.4, -0.2) is 20.2 Å². The molecule has 2 rings (SSSR count). The van der Waals surface area contributed by atoms with E-state index in [1.54, 1.807) is 0 Å². The maximum absolute atomic E-state index is 5.56. The molecule has 0 atom stereocenters. The fraction of sp³-hybridized carbons (Fsp3) is 0.538. The second-order valence-electron chi connectivity index (χ2n) is 4.11. The lowest BCUT2D eigenvalue weighted by atomic mass is 10.1. The van der Waals surface area contributed by atoms with Gasteiger partial charge in [-0.15, -0.1) is 0 Å². The third kappa shape index (κ3) is 2.80. The van der Waals surface area contributed by atoms with Crippen LogP contribution in [-0.2, 0) is 24.2 Å². The largest absolute Gasteiger partial charge is 0.375 e. The van der Waals surface area contributed by atoms with E-state index in [2.05, 4.69) is 23.5 Å². The molecule has 0 heterocycles. The molecule has 82 valence electrons. The van der Waals surface area contributed by atoms with Crippen LogP contribution in [0.5, 0.6) is 0 Å². The van der Waals surface area contributed by atoms with Gasteiger partial charge in [0.25, 0.3) is 0 Å². The smallest absolute Gasteiger partial charge is 0.0717 e. The first-order chi connectivity index (χ1) is 7.40. The van der Waals surface area contributed by atoms with Gasteiger partial charge in [-0.3, -0.25) is 0 Å². The van der Waals surface area contributed by atoms with E-state index in [0.717, 1.165) is 19.8 Å². The number of benzene rings is 1. The number of hydrogen-bond acceptors (Lipinski definition) is 2. The van der Waals surface area contributed by atoms with E-state index in [1.807, 2.05) is 7.05 Å². The highest BCUT2D eigenvalue weighted by Gasteiger charge is 2.10. The van der Waals surface area contributed by atoms with Crippen molar-refractivity contribution in [1.29, 1.82) is 0 Å². The summed E-state index contributed by atoms with van der Waals surface area (Å²) in [5.41, 5.74) is 4.38. The van der Waals surface area contributed by atoms with Crippen molar-refractivity contribution < 1.29 is 4.74 Å². The Kier molecular flexibility index (Phi) is 3.75. The molecule has 1 aliphatic carbocycles. The van der Waals surface area contributed by atoms with E-state index in [4.69, 9.17) is 4.74 Å². The zero-order valence-corrected chi connectivity index (χ0v) is 9.38. The van der Waals surface area contributed by atoms with E-state index in [0.29, 0.717) is 0 Å². The van der Waals surface area contributed by atoms with Gasteiger partial charge in [0.2, 0.25) is 0 Å². The van der Waals surface area contributed by atoms with Gasteiger partial charge in [0.1, 0.15) is 0 Å². The molecule has 0 saturated heterocycles. The first-order valence-electron chi connectivity index (χ1n) is 5.73. The third-order valence-electron chi connectivity index (χ3n) is 2.93. The maximum atomic E-state index is 5.56. The van der Waals surface area contributed by atoms with Crippen molar-refractivity contribution in [2.24, 2.45) is 0 Å². The average molecular weight is 205 g/mol. The molecule has 1 N–H and O–H groups in total. The Morgan fingerprint density at radius 2 is 2.13 bits per heavy atom. The van der Waals surface area contributed by atoms with E-state index >= 15 is 0 Å². The predicted octanol–water partition coefficient (Wildman–Crippen LogP) is 1.91. The van der Waals surface area contributed by atoms with E-state index < -0.39 is 0 Å². The van der Waals surface area contributed by atoms with Crippen LogP contribution in [0.1, 0.15) is 23.1 Å². The molecule has 0 amide bonds. The van der Waals surface area contributed by atoms with Crippen LogP contribution in [0, 0.1) is 0 Å². The monoisotopic (exact) mass is 205 g/mol. The van der Waals surface area contributed by atoms with Gasteiger partial charge in [-0.05, 0) is 43.0 Å². The van der Waals surface area contributed by atoms with Crippen molar-refractivity contribution in [2.75, 3.05) is 20.2 Å². The second-order valence-corrected chi connectivity index (χ2v) is 4.11. The fourth-order valence-electron chi connectivity index (χ4n) is 2.08. The third-order valence-corrected chi connectivity index (χ3v) is 2.93. The zero-order valence-electron chi connectivity index (χ0n) is 9.38. The molecule has 0 fully saturated rings. The molecule has 0 bridgehead atoms. The lowest BCUT2D eigenvalue weighted by Gasteiger charge is -2.06. The van der Waals surface area contributed by atoms with Gasteiger partial charge in [-0.2, -0.15) is 0 Å². The van der Waals surface area contributed by atoms with Gasteiger partial charge in [0.05, 0.1) is 13.2 Å². The summed E-state index contributed by atoms with van der Waals surface area (Å²) in [6.45, 7) is 2.45. The standard InChI is InChI=1S/C13H19NO/c1-14-7-8-15-10-11-5-6-12-3-2-4-13(12)9-11/h5-6,9,14H,2-4,7-8,10H2,1H3. The van der Waals surface area contributed by atoms with E-state index in [-0.39, 0.29) is 0 Å². The highest BCUT2D eigenvalue weighted by Crippen LogP contribution is 2.22. The summed E-state index contributed by atoms with van der Waals surface area (Å²) >= 11 is 0. The summed E-state index contributed by atoms with van der Waals surface area (Å²) in [4.78, 5) is 0. The molecule has 0 radical (unpaired) electrons. The molecule has 1 aliphatic rings. The Morgan fingerprint density at radius 1 is 1.27 bits per heavy atom. The predicted molar refractivity (Wildman–Crippen MR) is 62.0 cm³/mol. The highest BCUT2D eigenvalue weighted by molar-refractivity contribution is 5.34. The number of fused-ring (bicyclic) bond motifs is 1. The Morgan fingerprint density at radius 3 is 3.00 bits per heavy atom. The van der Waals surface area contributed by atoms with Crippen LogP contribution >= 0.6 is 0 Å². The van der Waals surface area contributed by atoms with Gasteiger partial charge >= 0.3 is 0 Å². The van der Waals surface area contributed by atoms with Crippen molar-refractivity contribution in [2.45, 2.75) is 25.9 Å². The molecular formula is C13H19NO. The van der Waals surface area contributed by atoms with Crippen LogP contribution in [0.2, 0.25) is 0 Å². The molecule has 1 aromatic rings. The number of likely N-dealkylation sites (N-methyl/N-ethyl adjacent to an activating group) is 1. The molecule has 0 spiro atoms. The van der Waals surface area contributed by atoms with Gasteiger partial charge in [-0.25, -0.2) is 0 Å². The first-order valence-corrected chi connectivity index (χ1v) is 5.73. The molecule has 2 nitrogen and oxygen atoms in total. The summed E-state index contributed by atoms with van der Waals surface area (Å²) in [7, 11) is 1.94. The Labute approximate surface area is 91.6 Å². The van der Waals surface area contributed by atoms with Crippen LogP contribution in [0.3, 0.4) is 0 Å². The first kappa shape index (κ1) is 10.7. The summed E-state index contributed by atoms with van der Waals surface area (Å²) in [5, 5.41) is 3.07. The van der Waals surface area contributed by atoms with E-state index in [1.165, 1.54) is 36.0 Å². The minimum Gasteiger partial charge on any atom is -0.375 e. The SMILES string of the molecule is CNCCOCc1ccc2c(c1)CCC2. The molecule has 0 unspecified atom stereocenters. The van der Waals surface area contributed by atoms with Crippen LogP contribution in [0.15, 0.2) is 18.2 Å². The Hall–Kier alpha value is -0.860. The number of aryl methyl sites for hydroxylation is 2. The minimum absolute atomic E-state index is 0.745. The van der Waals surface area contributed by atoms with Crippen molar-refractivity contribution in [3.05, 3.63) is 34.9 Å². The topological polar surface area (TPSA) is 21.3 Å². The normalized spacial score (nSPS) is 14.2. The zero-order chi connectivity index (χ0) is 10.5. The molecular weight excluding hydrogens is 186 g/mol.